The van der Waals surface area contributed by atoms with E-state index in [1.54, 1.807) is 24.4 Å². The highest BCUT2D eigenvalue weighted by Gasteiger charge is 2.18. The molecule has 0 radical (unpaired) electrons. The molecule has 0 bridgehead atoms. The van der Waals surface area contributed by atoms with Crippen molar-refractivity contribution in [3.05, 3.63) is 42.4 Å². The summed E-state index contributed by atoms with van der Waals surface area (Å²) in [7, 11) is 5.72. The zero-order valence-electron chi connectivity index (χ0n) is 14.2. The molecular weight excluding hydrogens is 294 g/mol. The number of likely N-dealkylation sites (N-methyl/N-ethyl adjacent to an activating group) is 2. The first kappa shape index (κ1) is 17.1. The number of furan rings is 1. The van der Waals surface area contributed by atoms with E-state index >= 15 is 0 Å². The van der Waals surface area contributed by atoms with Gasteiger partial charge >= 0.3 is 6.03 Å². The lowest BCUT2D eigenvalue weighted by atomic mass is 10.2. The number of aryl methyl sites for hydroxylation is 1. The Hall–Kier alpha value is -2.28. The predicted octanol–water partition coefficient (Wildman–Crippen LogP) is 1.73. The molecule has 0 aliphatic carbocycles. The zero-order valence-corrected chi connectivity index (χ0v) is 14.2. The Bertz CT molecular complexity index is 606. The van der Waals surface area contributed by atoms with Crippen LogP contribution >= 0.6 is 0 Å². The first-order chi connectivity index (χ1) is 11.0. The van der Waals surface area contributed by atoms with Crippen LogP contribution in [0.1, 0.15) is 17.6 Å². The molecule has 0 fully saturated rings. The fourth-order valence-corrected chi connectivity index (χ4v) is 2.34. The molecular formula is C16H25N5O2. The van der Waals surface area contributed by atoms with E-state index in [-0.39, 0.29) is 12.1 Å². The van der Waals surface area contributed by atoms with Gasteiger partial charge < -0.3 is 19.2 Å². The van der Waals surface area contributed by atoms with Gasteiger partial charge in [-0.2, -0.15) is 0 Å². The fourth-order valence-electron chi connectivity index (χ4n) is 2.34. The highest BCUT2D eigenvalue weighted by molar-refractivity contribution is 5.73. The normalized spacial score (nSPS) is 12.4. The van der Waals surface area contributed by atoms with E-state index in [0.29, 0.717) is 13.1 Å². The maximum Gasteiger partial charge on any atom is 0.317 e. The Kier molecular flexibility index (Phi) is 5.81. The van der Waals surface area contributed by atoms with Crippen molar-refractivity contribution < 1.29 is 9.21 Å². The Morgan fingerprint density at radius 3 is 2.78 bits per heavy atom. The van der Waals surface area contributed by atoms with E-state index in [1.165, 1.54) is 0 Å². The van der Waals surface area contributed by atoms with Crippen molar-refractivity contribution in [1.29, 1.82) is 0 Å². The quantitative estimate of drug-likeness (QED) is 0.844. The molecule has 2 amide bonds. The van der Waals surface area contributed by atoms with Crippen molar-refractivity contribution in [3.8, 4) is 0 Å². The highest BCUT2D eigenvalue weighted by atomic mass is 16.3. The lowest BCUT2D eigenvalue weighted by Gasteiger charge is -2.24. The molecule has 2 rings (SSSR count). The average Bonchev–Trinajstić information content (AvgIpc) is 3.16. The van der Waals surface area contributed by atoms with Crippen molar-refractivity contribution in [3.63, 3.8) is 0 Å². The van der Waals surface area contributed by atoms with Gasteiger partial charge in [-0.3, -0.25) is 4.90 Å². The van der Waals surface area contributed by atoms with Crippen LogP contribution in [0.2, 0.25) is 0 Å². The third kappa shape index (κ3) is 4.59. The molecule has 2 aromatic rings. The Morgan fingerprint density at radius 2 is 2.22 bits per heavy atom. The number of hydrogen-bond acceptors (Lipinski definition) is 4. The molecule has 0 saturated heterocycles. The van der Waals surface area contributed by atoms with E-state index < -0.39 is 0 Å². The van der Waals surface area contributed by atoms with E-state index in [2.05, 4.69) is 10.3 Å². The number of hydrogen-bond donors (Lipinski definition) is 1. The van der Waals surface area contributed by atoms with Crippen LogP contribution in [-0.2, 0) is 6.54 Å². The van der Waals surface area contributed by atoms with Crippen molar-refractivity contribution in [1.82, 2.24) is 24.7 Å². The fraction of sp³-hybridized carbons (Fsp3) is 0.500. The van der Waals surface area contributed by atoms with Gasteiger partial charge in [-0.1, -0.05) is 0 Å². The number of rotatable bonds is 7. The number of imidazole rings is 1. The third-order valence-electron chi connectivity index (χ3n) is 3.89. The van der Waals surface area contributed by atoms with Gasteiger partial charge in [0.15, 0.2) is 0 Å². The van der Waals surface area contributed by atoms with E-state index in [4.69, 9.17) is 4.42 Å². The van der Waals surface area contributed by atoms with Gasteiger partial charge in [-0.15, -0.1) is 0 Å². The third-order valence-corrected chi connectivity index (χ3v) is 3.89. The summed E-state index contributed by atoms with van der Waals surface area (Å²) in [4.78, 5) is 20.1. The summed E-state index contributed by atoms with van der Waals surface area (Å²) < 4.78 is 7.47. The van der Waals surface area contributed by atoms with Gasteiger partial charge in [0.25, 0.3) is 0 Å². The molecule has 7 heteroatoms. The summed E-state index contributed by atoms with van der Waals surface area (Å²) in [5.74, 6) is 1.79. The Balaban J connectivity index is 1.82. The Morgan fingerprint density at radius 1 is 1.43 bits per heavy atom. The molecule has 0 aliphatic rings. The lowest BCUT2D eigenvalue weighted by Crippen LogP contribution is -2.42. The number of nitrogens with one attached hydrogen (secondary N) is 1. The number of urea groups is 1. The Labute approximate surface area is 136 Å². The van der Waals surface area contributed by atoms with Crippen molar-refractivity contribution in [2.24, 2.45) is 0 Å². The zero-order chi connectivity index (χ0) is 16.8. The molecule has 126 valence electrons. The first-order valence-electron chi connectivity index (χ1n) is 7.65. The van der Waals surface area contributed by atoms with E-state index in [1.807, 2.05) is 48.8 Å². The van der Waals surface area contributed by atoms with Gasteiger partial charge in [-0.05, 0) is 33.2 Å². The van der Waals surface area contributed by atoms with Crippen LogP contribution in [0.15, 0.2) is 35.2 Å². The molecule has 23 heavy (non-hydrogen) atoms. The predicted molar refractivity (Wildman–Crippen MR) is 88.1 cm³/mol. The molecule has 7 nitrogen and oxygen atoms in total. The van der Waals surface area contributed by atoms with Crippen LogP contribution in [0.4, 0.5) is 4.79 Å². The SMILES string of the molecule is Cc1nccn1CCN(C)C(=O)NCC(c1ccco1)N(C)C. The second-order valence-electron chi connectivity index (χ2n) is 5.77. The lowest BCUT2D eigenvalue weighted by molar-refractivity contribution is 0.197. The standard InChI is InChI=1S/C16H25N5O2/c1-13-17-7-8-21(13)10-9-20(4)16(22)18-12-14(19(2)3)15-6-5-11-23-15/h5-8,11,14H,9-10,12H2,1-4H3,(H,18,22). The van der Waals surface area contributed by atoms with E-state index in [9.17, 15) is 4.79 Å². The first-order valence-corrected chi connectivity index (χ1v) is 7.65. The average molecular weight is 319 g/mol. The minimum Gasteiger partial charge on any atom is -0.468 e. The van der Waals surface area contributed by atoms with Gasteiger partial charge in [0.1, 0.15) is 11.6 Å². The molecule has 1 atom stereocenters. The number of amides is 2. The van der Waals surface area contributed by atoms with Crippen molar-refractivity contribution in [2.45, 2.75) is 19.5 Å². The van der Waals surface area contributed by atoms with Crippen LogP contribution in [0.5, 0.6) is 0 Å². The molecule has 0 spiro atoms. The summed E-state index contributed by atoms with van der Waals surface area (Å²) in [5, 5.41) is 2.96. The van der Waals surface area contributed by atoms with Crippen LogP contribution in [0, 0.1) is 6.92 Å². The van der Waals surface area contributed by atoms with Crippen LogP contribution in [0.25, 0.3) is 0 Å². The molecule has 0 aliphatic heterocycles. The van der Waals surface area contributed by atoms with Gasteiger partial charge in [0.2, 0.25) is 0 Å². The summed E-state index contributed by atoms with van der Waals surface area (Å²) in [6.07, 6.45) is 5.33. The second kappa shape index (κ2) is 7.82. The van der Waals surface area contributed by atoms with Crippen LogP contribution in [-0.4, -0.2) is 59.6 Å². The van der Waals surface area contributed by atoms with Crippen molar-refractivity contribution >= 4 is 6.03 Å². The monoisotopic (exact) mass is 319 g/mol. The number of nitrogens with zero attached hydrogens (tertiary/aromatic N) is 4. The summed E-state index contributed by atoms with van der Waals surface area (Å²) in [6.45, 7) is 3.79. The molecule has 0 saturated carbocycles. The molecule has 2 heterocycles. The smallest absolute Gasteiger partial charge is 0.317 e. The molecule has 1 N–H and O–H groups in total. The summed E-state index contributed by atoms with van der Waals surface area (Å²) >= 11 is 0. The van der Waals surface area contributed by atoms with Crippen molar-refractivity contribution in [2.75, 3.05) is 34.2 Å². The summed E-state index contributed by atoms with van der Waals surface area (Å²) in [6, 6.07) is 3.69. The highest BCUT2D eigenvalue weighted by Crippen LogP contribution is 2.17. The second-order valence-corrected chi connectivity index (χ2v) is 5.77. The number of carbonyl (C=O) groups excluding carboxylic acids is 1. The number of aromatic nitrogens is 2. The van der Waals surface area contributed by atoms with Crippen LogP contribution in [0.3, 0.4) is 0 Å². The largest absolute Gasteiger partial charge is 0.468 e. The van der Waals surface area contributed by atoms with Gasteiger partial charge in [0, 0.05) is 39.1 Å². The number of carbonyl (C=O) groups is 1. The minimum atomic E-state index is -0.0961. The maximum absolute atomic E-state index is 12.2. The topological polar surface area (TPSA) is 66.5 Å². The summed E-state index contributed by atoms with van der Waals surface area (Å²) in [5.41, 5.74) is 0. The minimum absolute atomic E-state index is 0.0123. The molecule has 0 aromatic carbocycles. The van der Waals surface area contributed by atoms with E-state index in [0.717, 1.165) is 18.1 Å². The van der Waals surface area contributed by atoms with Crippen LogP contribution < -0.4 is 5.32 Å². The maximum atomic E-state index is 12.2. The van der Waals surface area contributed by atoms with Gasteiger partial charge in [-0.25, -0.2) is 9.78 Å². The molecule has 1 unspecified atom stereocenters. The molecule has 2 aromatic heterocycles. The van der Waals surface area contributed by atoms with Gasteiger partial charge in [0.05, 0.1) is 12.3 Å².